The number of fused-ring (bicyclic) bond motifs is 3. The molecule has 4 nitrogen and oxygen atoms in total. The van der Waals surface area contributed by atoms with Gasteiger partial charge in [0.15, 0.2) is 0 Å². The van der Waals surface area contributed by atoms with Gasteiger partial charge in [0.25, 0.3) is 0 Å². The van der Waals surface area contributed by atoms with Crippen LogP contribution in [0.4, 0.5) is 5.69 Å². The Kier molecular flexibility index (Phi) is 4.92. The maximum atomic E-state index is 6.20. The summed E-state index contributed by atoms with van der Waals surface area (Å²) in [7, 11) is 0. The Hall–Kier alpha value is -1.81. The number of benzene rings is 1. The van der Waals surface area contributed by atoms with E-state index >= 15 is 0 Å². The Bertz CT molecular complexity index is 868. The van der Waals surface area contributed by atoms with E-state index in [4.69, 9.17) is 9.72 Å². The second-order valence-corrected chi connectivity index (χ2v) is 9.09. The van der Waals surface area contributed by atoms with Gasteiger partial charge in [-0.25, -0.2) is 0 Å². The number of likely N-dealkylation sites (tertiary alicyclic amines) is 1. The largest absolute Gasteiger partial charge is 0.493 e. The summed E-state index contributed by atoms with van der Waals surface area (Å²) in [6.07, 6.45) is 8.77. The molecule has 150 valence electrons. The average molecular weight is 380 g/mol. The molecule has 1 atom stereocenters. The molecule has 0 amide bonds. The fraction of sp³-hybridized carbons (Fsp3) is 0.625. The van der Waals surface area contributed by atoms with Gasteiger partial charge in [-0.15, -0.1) is 0 Å². The summed E-state index contributed by atoms with van der Waals surface area (Å²) in [5.41, 5.74) is 6.49. The van der Waals surface area contributed by atoms with Crippen molar-refractivity contribution >= 4 is 16.6 Å². The Morgan fingerprint density at radius 3 is 2.79 bits per heavy atom. The van der Waals surface area contributed by atoms with Gasteiger partial charge in [0, 0.05) is 41.3 Å². The molecule has 1 aromatic carbocycles. The quantitative estimate of drug-likeness (QED) is 0.714. The molecule has 1 saturated carbocycles. The van der Waals surface area contributed by atoms with Crippen LogP contribution in [0.3, 0.4) is 0 Å². The minimum Gasteiger partial charge on any atom is -0.493 e. The van der Waals surface area contributed by atoms with Gasteiger partial charge in [-0.05, 0) is 89.1 Å². The van der Waals surface area contributed by atoms with E-state index in [0.717, 1.165) is 37.3 Å². The highest BCUT2D eigenvalue weighted by molar-refractivity contribution is 5.95. The molecule has 5 rings (SSSR count). The predicted molar refractivity (Wildman–Crippen MR) is 116 cm³/mol. The number of nitrogens with zero attached hydrogens (tertiary/aromatic N) is 2. The van der Waals surface area contributed by atoms with Gasteiger partial charge in [0.05, 0.1) is 12.1 Å². The van der Waals surface area contributed by atoms with Crippen LogP contribution in [0.15, 0.2) is 12.1 Å². The third-order valence-electron chi connectivity index (χ3n) is 6.67. The summed E-state index contributed by atoms with van der Waals surface area (Å²) in [6.45, 7) is 8.93. The van der Waals surface area contributed by atoms with E-state index in [2.05, 4.69) is 36.2 Å². The van der Waals surface area contributed by atoms with Crippen molar-refractivity contribution < 1.29 is 4.74 Å². The molecule has 1 aromatic heterocycles. The molecule has 0 radical (unpaired) electrons. The maximum Gasteiger partial charge on any atom is 0.124 e. The van der Waals surface area contributed by atoms with Gasteiger partial charge in [0.1, 0.15) is 5.75 Å². The van der Waals surface area contributed by atoms with E-state index in [1.165, 1.54) is 73.1 Å². The number of hydrogen-bond acceptors (Lipinski definition) is 4. The lowest BCUT2D eigenvalue weighted by atomic mass is 9.93. The number of rotatable bonds is 6. The zero-order chi connectivity index (χ0) is 19.1. The second-order valence-electron chi connectivity index (χ2n) is 9.09. The average Bonchev–Trinajstić information content (AvgIpc) is 3.40. The van der Waals surface area contributed by atoms with Crippen LogP contribution in [0, 0.1) is 6.92 Å². The highest BCUT2D eigenvalue weighted by Crippen LogP contribution is 2.46. The first kappa shape index (κ1) is 18.2. The van der Waals surface area contributed by atoms with Gasteiger partial charge in [-0.3, -0.25) is 4.98 Å². The number of aromatic nitrogens is 1. The van der Waals surface area contributed by atoms with Gasteiger partial charge in [-0.1, -0.05) is 0 Å². The van der Waals surface area contributed by atoms with E-state index < -0.39 is 0 Å². The molecule has 1 unspecified atom stereocenters. The fourth-order valence-corrected chi connectivity index (χ4v) is 4.88. The van der Waals surface area contributed by atoms with E-state index in [9.17, 15) is 0 Å². The van der Waals surface area contributed by atoms with Crippen molar-refractivity contribution in [3.05, 3.63) is 29.0 Å². The molecule has 1 saturated heterocycles. The minimum absolute atomic E-state index is 0.534. The molecular weight excluding hydrogens is 346 g/mol. The van der Waals surface area contributed by atoms with Crippen LogP contribution < -0.4 is 10.1 Å². The Balaban J connectivity index is 1.39. The van der Waals surface area contributed by atoms with Crippen molar-refractivity contribution in [3.8, 4) is 5.75 Å². The number of anilines is 1. The van der Waals surface area contributed by atoms with Crippen molar-refractivity contribution in [3.63, 3.8) is 0 Å². The Labute approximate surface area is 168 Å². The summed E-state index contributed by atoms with van der Waals surface area (Å²) in [5.74, 6) is 1.69. The van der Waals surface area contributed by atoms with Gasteiger partial charge >= 0.3 is 0 Å². The van der Waals surface area contributed by atoms with Crippen molar-refractivity contribution in [2.75, 3.05) is 31.6 Å². The Morgan fingerprint density at radius 2 is 2.00 bits per heavy atom. The summed E-state index contributed by atoms with van der Waals surface area (Å²) < 4.78 is 6.20. The lowest BCUT2D eigenvalue weighted by molar-refractivity contribution is 0.262. The monoisotopic (exact) mass is 379 g/mol. The third kappa shape index (κ3) is 3.59. The lowest BCUT2D eigenvalue weighted by Gasteiger charge is -2.28. The highest BCUT2D eigenvalue weighted by Gasteiger charge is 2.31. The van der Waals surface area contributed by atoms with Crippen molar-refractivity contribution in [1.82, 2.24) is 9.88 Å². The summed E-state index contributed by atoms with van der Waals surface area (Å²) in [6, 6.07) is 5.01. The number of aryl methyl sites for hydroxylation is 1. The van der Waals surface area contributed by atoms with Crippen LogP contribution in [-0.2, 0) is 6.42 Å². The van der Waals surface area contributed by atoms with Crippen LogP contribution in [-0.4, -0.2) is 42.2 Å². The molecule has 2 aliphatic heterocycles. The van der Waals surface area contributed by atoms with Crippen LogP contribution in [0.1, 0.15) is 68.2 Å². The number of ether oxygens (including phenoxy) is 1. The van der Waals surface area contributed by atoms with E-state index in [1.807, 2.05) is 0 Å². The molecule has 28 heavy (non-hydrogen) atoms. The molecule has 0 spiro atoms. The van der Waals surface area contributed by atoms with Crippen molar-refractivity contribution in [2.24, 2.45) is 0 Å². The van der Waals surface area contributed by atoms with Gasteiger partial charge < -0.3 is 15.0 Å². The van der Waals surface area contributed by atoms with E-state index in [1.54, 1.807) is 0 Å². The van der Waals surface area contributed by atoms with Gasteiger partial charge in [-0.2, -0.15) is 0 Å². The number of hydrogen-bond donors (Lipinski definition) is 1. The normalized spacial score (nSPS) is 22.3. The standard InChI is InChI=1S/C24H33N3O/c1-16-14-20-21(15-22(16)28-13-5-12-27-10-3-4-11-27)26-23(18-7-8-18)19-9-6-17(2)25-24(19)20/h14-15,17-18,25H,3-13H2,1-2H3. The first-order valence-corrected chi connectivity index (χ1v) is 11.3. The maximum absolute atomic E-state index is 6.20. The molecule has 1 aliphatic carbocycles. The highest BCUT2D eigenvalue weighted by atomic mass is 16.5. The van der Waals surface area contributed by atoms with Crippen LogP contribution in [0.25, 0.3) is 10.9 Å². The summed E-state index contributed by atoms with van der Waals surface area (Å²) >= 11 is 0. The molecular formula is C24H33N3O. The van der Waals surface area contributed by atoms with Crippen molar-refractivity contribution in [2.45, 2.75) is 70.8 Å². The number of pyridine rings is 1. The molecule has 3 aliphatic rings. The second kappa shape index (κ2) is 7.55. The smallest absolute Gasteiger partial charge is 0.124 e. The zero-order valence-electron chi connectivity index (χ0n) is 17.4. The van der Waals surface area contributed by atoms with Crippen LogP contribution in [0.5, 0.6) is 5.75 Å². The predicted octanol–water partition coefficient (Wildman–Crippen LogP) is 5.03. The fourth-order valence-electron chi connectivity index (χ4n) is 4.88. The molecule has 0 bridgehead atoms. The SMILES string of the molecule is Cc1cc2c3c(c(C4CC4)nc2cc1OCCCN1CCCC1)CCC(C)N3. The first-order chi connectivity index (χ1) is 13.7. The zero-order valence-corrected chi connectivity index (χ0v) is 17.4. The summed E-state index contributed by atoms with van der Waals surface area (Å²) in [4.78, 5) is 7.70. The Morgan fingerprint density at radius 1 is 1.18 bits per heavy atom. The lowest BCUT2D eigenvalue weighted by Crippen LogP contribution is -2.23. The minimum atomic E-state index is 0.534. The number of nitrogens with one attached hydrogen (secondary N) is 1. The van der Waals surface area contributed by atoms with E-state index in [-0.39, 0.29) is 0 Å². The van der Waals surface area contributed by atoms with Crippen LogP contribution in [0.2, 0.25) is 0 Å². The molecule has 3 heterocycles. The van der Waals surface area contributed by atoms with E-state index in [0.29, 0.717) is 12.0 Å². The topological polar surface area (TPSA) is 37.4 Å². The van der Waals surface area contributed by atoms with Crippen LogP contribution >= 0.6 is 0 Å². The van der Waals surface area contributed by atoms with Gasteiger partial charge in [0.2, 0.25) is 0 Å². The molecule has 2 fully saturated rings. The molecule has 2 aromatic rings. The van der Waals surface area contributed by atoms with Crippen molar-refractivity contribution in [1.29, 1.82) is 0 Å². The first-order valence-electron chi connectivity index (χ1n) is 11.3. The summed E-state index contributed by atoms with van der Waals surface area (Å²) in [5, 5.41) is 5.04. The third-order valence-corrected chi connectivity index (χ3v) is 6.67. The molecule has 1 N–H and O–H groups in total. The molecule has 4 heteroatoms.